The third kappa shape index (κ3) is 4.13. The van der Waals surface area contributed by atoms with E-state index in [0.29, 0.717) is 35.1 Å². The minimum Gasteiger partial charge on any atom is -0.462 e. The Morgan fingerprint density at radius 2 is 1.95 bits per heavy atom. The van der Waals surface area contributed by atoms with Crippen molar-refractivity contribution in [3.8, 4) is 0 Å². The lowest BCUT2D eigenvalue weighted by Crippen LogP contribution is -2.07. The highest BCUT2D eigenvalue weighted by atomic mass is 35.5. The fourth-order valence-corrected chi connectivity index (χ4v) is 1.98. The van der Waals surface area contributed by atoms with E-state index < -0.39 is 0 Å². The minimum absolute atomic E-state index is 0.344. The Kier molecular flexibility index (Phi) is 5.06. The Morgan fingerprint density at radius 3 is 2.62 bits per heavy atom. The van der Waals surface area contributed by atoms with Crippen LogP contribution < -0.4 is 11.1 Å². The van der Waals surface area contributed by atoms with Crippen LogP contribution in [0.4, 0.5) is 11.4 Å². The number of hydrogen-bond acceptors (Lipinski definition) is 4. The van der Waals surface area contributed by atoms with Gasteiger partial charge in [-0.05, 0) is 42.8 Å². The van der Waals surface area contributed by atoms with Crippen LogP contribution in [-0.4, -0.2) is 12.6 Å². The molecule has 0 amide bonds. The predicted molar refractivity (Wildman–Crippen MR) is 85.6 cm³/mol. The maximum absolute atomic E-state index is 11.7. The van der Waals surface area contributed by atoms with Crippen molar-refractivity contribution < 1.29 is 9.53 Å². The zero-order valence-electron chi connectivity index (χ0n) is 11.7. The Bertz CT molecular complexity index is 627. The minimum atomic E-state index is -0.355. The molecule has 0 saturated heterocycles. The molecule has 110 valence electrons. The number of carbonyl (C=O) groups excluding carboxylic acids is 1. The molecular formula is C16H17ClN2O2. The van der Waals surface area contributed by atoms with E-state index in [1.807, 2.05) is 24.3 Å². The summed E-state index contributed by atoms with van der Waals surface area (Å²) in [6.07, 6.45) is 0. The van der Waals surface area contributed by atoms with E-state index in [0.717, 1.165) is 5.56 Å². The molecule has 0 aliphatic rings. The summed E-state index contributed by atoms with van der Waals surface area (Å²) >= 11 is 5.85. The number of nitrogen functional groups attached to an aromatic ring is 1. The SMILES string of the molecule is CCOC(=O)c1ccc(N)c(NCc2ccc(Cl)cc2)c1. The molecule has 0 fully saturated rings. The number of hydrogen-bond donors (Lipinski definition) is 2. The van der Waals surface area contributed by atoms with Gasteiger partial charge in [-0.15, -0.1) is 0 Å². The second-order valence-electron chi connectivity index (χ2n) is 4.50. The van der Waals surface area contributed by atoms with Crippen molar-refractivity contribution in [2.24, 2.45) is 0 Å². The van der Waals surface area contributed by atoms with E-state index in [1.54, 1.807) is 25.1 Å². The molecule has 4 nitrogen and oxygen atoms in total. The molecule has 2 aromatic carbocycles. The van der Waals surface area contributed by atoms with E-state index in [-0.39, 0.29) is 5.97 Å². The van der Waals surface area contributed by atoms with Gasteiger partial charge in [0.05, 0.1) is 23.5 Å². The fraction of sp³-hybridized carbons (Fsp3) is 0.188. The number of carbonyl (C=O) groups is 1. The number of esters is 1. The normalized spacial score (nSPS) is 10.2. The quantitative estimate of drug-likeness (QED) is 0.653. The molecule has 3 N–H and O–H groups in total. The Balaban J connectivity index is 2.10. The maximum atomic E-state index is 11.7. The fourth-order valence-electron chi connectivity index (χ4n) is 1.85. The zero-order chi connectivity index (χ0) is 15.2. The average Bonchev–Trinajstić information content (AvgIpc) is 2.48. The van der Waals surface area contributed by atoms with E-state index in [9.17, 15) is 4.79 Å². The molecule has 0 heterocycles. The monoisotopic (exact) mass is 304 g/mol. The molecule has 2 aromatic rings. The van der Waals surface area contributed by atoms with E-state index in [4.69, 9.17) is 22.1 Å². The lowest BCUT2D eigenvalue weighted by molar-refractivity contribution is 0.0526. The van der Waals surface area contributed by atoms with Crippen LogP contribution in [0, 0.1) is 0 Å². The molecule has 0 radical (unpaired) electrons. The summed E-state index contributed by atoms with van der Waals surface area (Å²) in [6.45, 7) is 2.71. The van der Waals surface area contributed by atoms with Gasteiger partial charge < -0.3 is 15.8 Å². The molecule has 0 saturated carbocycles. The van der Waals surface area contributed by atoms with E-state index in [2.05, 4.69) is 5.32 Å². The number of ether oxygens (including phenoxy) is 1. The summed E-state index contributed by atoms with van der Waals surface area (Å²) in [4.78, 5) is 11.7. The first-order chi connectivity index (χ1) is 10.1. The van der Waals surface area contributed by atoms with Crippen LogP contribution in [-0.2, 0) is 11.3 Å². The highest BCUT2D eigenvalue weighted by Gasteiger charge is 2.09. The molecule has 0 aliphatic heterocycles. The van der Waals surface area contributed by atoms with Gasteiger partial charge in [0.1, 0.15) is 0 Å². The third-order valence-corrected chi connectivity index (χ3v) is 3.21. The largest absolute Gasteiger partial charge is 0.462 e. The average molecular weight is 305 g/mol. The molecule has 0 aliphatic carbocycles. The molecule has 0 unspecified atom stereocenters. The number of anilines is 2. The van der Waals surface area contributed by atoms with Gasteiger partial charge in [0, 0.05) is 11.6 Å². The van der Waals surface area contributed by atoms with Gasteiger partial charge in [0.2, 0.25) is 0 Å². The Morgan fingerprint density at radius 1 is 1.24 bits per heavy atom. The number of benzene rings is 2. The molecule has 21 heavy (non-hydrogen) atoms. The van der Waals surface area contributed by atoms with Crippen molar-refractivity contribution in [3.63, 3.8) is 0 Å². The summed E-state index contributed by atoms with van der Waals surface area (Å²) < 4.78 is 4.98. The van der Waals surface area contributed by atoms with Gasteiger partial charge in [-0.3, -0.25) is 0 Å². The first-order valence-electron chi connectivity index (χ1n) is 6.65. The molecule has 2 rings (SSSR count). The standard InChI is InChI=1S/C16H17ClN2O2/c1-2-21-16(20)12-5-8-14(18)15(9-12)19-10-11-3-6-13(17)7-4-11/h3-9,19H,2,10,18H2,1H3. The van der Waals surface area contributed by atoms with Crippen molar-refractivity contribution >= 4 is 28.9 Å². The number of nitrogens with one attached hydrogen (secondary N) is 1. The van der Waals surface area contributed by atoms with E-state index in [1.165, 1.54) is 0 Å². The predicted octanol–water partition coefficient (Wildman–Crippen LogP) is 3.71. The second kappa shape index (κ2) is 6.99. The van der Waals surface area contributed by atoms with Gasteiger partial charge in [-0.25, -0.2) is 4.79 Å². The third-order valence-electron chi connectivity index (χ3n) is 2.96. The first-order valence-corrected chi connectivity index (χ1v) is 7.03. The van der Waals surface area contributed by atoms with E-state index >= 15 is 0 Å². The number of halogens is 1. The summed E-state index contributed by atoms with van der Waals surface area (Å²) in [7, 11) is 0. The van der Waals surface area contributed by atoms with Gasteiger partial charge in [-0.2, -0.15) is 0 Å². The summed E-state index contributed by atoms with van der Waals surface area (Å²) in [6, 6.07) is 12.6. The van der Waals surface area contributed by atoms with Crippen LogP contribution >= 0.6 is 11.6 Å². The van der Waals surface area contributed by atoms with Crippen molar-refractivity contribution in [1.29, 1.82) is 0 Å². The second-order valence-corrected chi connectivity index (χ2v) is 4.94. The van der Waals surface area contributed by atoms with Crippen LogP contribution in [0.15, 0.2) is 42.5 Å². The van der Waals surface area contributed by atoms with Crippen LogP contribution in [0.25, 0.3) is 0 Å². The van der Waals surface area contributed by atoms with Gasteiger partial charge in [-0.1, -0.05) is 23.7 Å². The van der Waals surface area contributed by atoms with Crippen LogP contribution in [0.3, 0.4) is 0 Å². The molecule has 5 heteroatoms. The highest BCUT2D eigenvalue weighted by molar-refractivity contribution is 6.30. The first kappa shape index (κ1) is 15.2. The maximum Gasteiger partial charge on any atom is 0.338 e. The molecule has 0 spiro atoms. The Labute approximate surface area is 128 Å². The van der Waals surface area contributed by atoms with Crippen LogP contribution in [0.1, 0.15) is 22.8 Å². The van der Waals surface area contributed by atoms with Crippen molar-refractivity contribution in [1.82, 2.24) is 0 Å². The lowest BCUT2D eigenvalue weighted by Gasteiger charge is -2.11. The van der Waals surface area contributed by atoms with Crippen molar-refractivity contribution in [2.45, 2.75) is 13.5 Å². The van der Waals surface area contributed by atoms with Gasteiger partial charge in [0.15, 0.2) is 0 Å². The van der Waals surface area contributed by atoms with Gasteiger partial charge >= 0.3 is 5.97 Å². The zero-order valence-corrected chi connectivity index (χ0v) is 12.5. The van der Waals surface area contributed by atoms with Gasteiger partial charge in [0.25, 0.3) is 0 Å². The highest BCUT2D eigenvalue weighted by Crippen LogP contribution is 2.21. The van der Waals surface area contributed by atoms with Crippen molar-refractivity contribution in [2.75, 3.05) is 17.7 Å². The summed E-state index contributed by atoms with van der Waals surface area (Å²) in [5, 5.41) is 3.91. The smallest absolute Gasteiger partial charge is 0.338 e. The number of nitrogens with two attached hydrogens (primary N) is 1. The van der Waals surface area contributed by atoms with Crippen LogP contribution in [0.5, 0.6) is 0 Å². The topological polar surface area (TPSA) is 64.3 Å². The van der Waals surface area contributed by atoms with Crippen LogP contribution in [0.2, 0.25) is 5.02 Å². The molecule has 0 bridgehead atoms. The molecular weight excluding hydrogens is 288 g/mol. The van der Waals surface area contributed by atoms with Crippen molar-refractivity contribution in [3.05, 3.63) is 58.6 Å². The Hall–Kier alpha value is -2.20. The lowest BCUT2D eigenvalue weighted by atomic mass is 10.1. The number of rotatable bonds is 5. The molecule has 0 aromatic heterocycles. The summed E-state index contributed by atoms with van der Waals surface area (Å²) in [5.74, 6) is -0.355. The molecule has 0 atom stereocenters. The summed E-state index contributed by atoms with van der Waals surface area (Å²) in [5.41, 5.74) is 8.75.